The molecule has 0 N–H and O–H groups in total. The second kappa shape index (κ2) is 6.79. The van der Waals surface area contributed by atoms with E-state index in [2.05, 4.69) is 4.90 Å². The SMILES string of the molecule is CCOC(=O)[C@]12CCC(=O)C[C@@]1(c1cccc(OC)c1)CCN(C)C2. The number of carbonyl (C=O) groups excluding carboxylic acids is 2. The molecule has 1 aliphatic heterocycles. The van der Waals surface area contributed by atoms with E-state index in [0.717, 1.165) is 24.3 Å². The van der Waals surface area contributed by atoms with E-state index in [4.69, 9.17) is 9.47 Å². The number of ether oxygens (including phenoxy) is 2. The quantitative estimate of drug-likeness (QED) is 0.785. The summed E-state index contributed by atoms with van der Waals surface area (Å²) in [6.07, 6.45) is 2.15. The molecule has 0 aromatic heterocycles. The van der Waals surface area contributed by atoms with Gasteiger partial charge in [-0.1, -0.05) is 12.1 Å². The van der Waals surface area contributed by atoms with Gasteiger partial charge in [0.05, 0.1) is 19.1 Å². The second-order valence-electron chi connectivity index (χ2n) is 7.32. The van der Waals surface area contributed by atoms with Crippen molar-refractivity contribution >= 4 is 11.8 Å². The molecule has 0 radical (unpaired) electrons. The van der Waals surface area contributed by atoms with Gasteiger partial charge in [0.2, 0.25) is 0 Å². The average molecular weight is 345 g/mol. The predicted molar refractivity (Wildman–Crippen MR) is 94.7 cm³/mol. The molecule has 5 nitrogen and oxygen atoms in total. The first-order valence-electron chi connectivity index (χ1n) is 8.99. The molecule has 2 atom stereocenters. The Morgan fingerprint density at radius 3 is 2.84 bits per heavy atom. The van der Waals surface area contributed by atoms with Gasteiger partial charge in [-0.15, -0.1) is 0 Å². The Morgan fingerprint density at radius 1 is 1.32 bits per heavy atom. The van der Waals surface area contributed by atoms with Gasteiger partial charge in [-0.25, -0.2) is 0 Å². The van der Waals surface area contributed by atoms with E-state index in [1.54, 1.807) is 7.11 Å². The first-order valence-corrected chi connectivity index (χ1v) is 8.99. The normalized spacial score (nSPS) is 29.8. The van der Waals surface area contributed by atoms with Crippen molar-refractivity contribution in [2.75, 3.05) is 33.9 Å². The number of fused-ring (bicyclic) bond motifs is 1. The molecule has 0 amide bonds. The third-order valence-corrected chi connectivity index (χ3v) is 5.99. The summed E-state index contributed by atoms with van der Waals surface area (Å²) in [4.78, 5) is 27.8. The number of ketones is 1. The van der Waals surface area contributed by atoms with Crippen LogP contribution >= 0.6 is 0 Å². The molecule has 1 saturated heterocycles. The highest BCUT2D eigenvalue weighted by atomic mass is 16.5. The predicted octanol–water partition coefficient (Wildman–Crippen LogP) is 2.57. The molecule has 1 aromatic rings. The van der Waals surface area contributed by atoms with Crippen molar-refractivity contribution in [3.63, 3.8) is 0 Å². The Balaban J connectivity index is 2.17. The number of nitrogens with zero attached hydrogens (tertiary/aromatic N) is 1. The highest BCUT2D eigenvalue weighted by Gasteiger charge is 2.62. The van der Waals surface area contributed by atoms with Crippen molar-refractivity contribution in [1.29, 1.82) is 0 Å². The Morgan fingerprint density at radius 2 is 2.12 bits per heavy atom. The lowest BCUT2D eigenvalue weighted by Gasteiger charge is -2.56. The summed E-state index contributed by atoms with van der Waals surface area (Å²) >= 11 is 0. The monoisotopic (exact) mass is 345 g/mol. The highest BCUT2D eigenvalue weighted by Crippen LogP contribution is 2.56. The van der Waals surface area contributed by atoms with Gasteiger partial charge in [0.1, 0.15) is 11.5 Å². The standard InChI is InChI=1S/C20H27NO4/c1-4-25-18(23)20-9-8-16(22)13-19(20,10-11-21(2)14-20)15-6-5-7-17(12-15)24-3/h5-7,12H,4,8-11,13-14H2,1-3H3/t19-,20-/m1/s1. The third-order valence-electron chi connectivity index (χ3n) is 5.99. The lowest BCUT2D eigenvalue weighted by Crippen LogP contribution is -2.64. The maximum atomic E-state index is 13.1. The summed E-state index contributed by atoms with van der Waals surface area (Å²) in [5.41, 5.74) is -0.188. The number of piperidine rings is 1. The third kappa shape index (κ3) is 2.84. The second-order valence-corrected chi connectivity index (χ2v) is 7.32. The number of likely N-dealkylation sites (tertiary alicyclic amines) is 1. The number of Topliss-reactive ketones (excluding diaryl/α,β-unsaturated/α-hetero) is 1. The average Bonchev–Trinajstić information content (AvgIpc) is 2.62. The zero-order valence-corrected chi connectivity index (χ0v) is 15.3. The molecule has 5 heteroatoms. The maximum Gasteiger partial charge on any atom is 0.314 e. The summed E-state index contributed by atoms with van der Waals surface area (Å²) in [6.45, 7) is 3.66. The van der Waals surface area contributed by atoms with Crippen LogP contribution in [0.4, 0.5) is 0 Å². The number of carbonyl (C=O) groups is 2. The summed E-state index contributed by atoms with van der Waals surface area (Å²) in [6, 6.07) is 7.85. The van der Waals surface area contributed by atoms with E-state index < -0.39 is 10.8 Å². The van der Waals surface area contributed by atoms with Gasteiger partial charge in [0.15, 0.2) is 0 Å². The van der Waals surface area contributed by atoms with Crippen LogP contribution < -0.4 is 4.74 Å². The molecule has 2 aliphatic rings. The molecular weight excluding hydrogens is 318 g/mol. The van der Waals surface area contributed by atoms with Crippen LogP contribution in [0.1, 0.15) is 38.2 Å². The van der Waals surface area contributed by atoms with Gasteiger partial charge >= 0.3 is 5.97 Å². The molecule has 1 saturated carbocycles. The Hall–Kier alpha value is -1.88. The van der Waals surface area contributed by atoms with E-state index in [1.807, 2.05) is 38.2 Å². The van der Waals surface area contributed by atoms with Crippen LogP contribution in [-0.4, -0.2) is 50.5 Å². The minimum Gasteiger partial charge on any atom is -0.497 e. The van der Waals surface area contributed by atoms with E-state index in [0.29, 0.717) is 32.4 Å². The van der Waals surface area contributed by atoms with Crippen molar-refractivity contribution in [2.45, 2.75) is 38.0 Å². The first kappa shape index (κ1) is 17.9. The Bertz CT molecular complexity index is 673. The molecule has 1 aliphatic carbocycles. The van der Waals surface area contributed by atoms with Crippen molar-refractivity contribution in [1.82, 2.24) is 4.90 Å². The highest BCUT2D eigenvalue weighted by molar-refractivity contribution is 5.88. The van der Waals surface area contributed by atoms with Gasteiger partial charge in [0, 0.05) is 24.8 Å². The molecule has 25 heavy (non-hydrogen) atoms. The lowest BCUT2D eigenvalue weighted by molar-refractivity contribution is -0.171. The van der Waals surface area contributed by atoms with E-state index in [9.17, 15) is 9.59 Å². The molecule has 1 heterocycles. The molecule has 0 bridgehead atoms. The largest absolute Gasteiger partial charge is 0.497 e. The number of hydrogen-bond donors (Lipinski definition) is 0. The van der Waals surface area contributed by atoms with Crippen LogP contribution in [0.25, 0.3) is 0 Å². The minimum absolute atomic E-state index is 0.170. The maximum absolute atomic E-state index is 13.1. The van der Waals surface area contributed by atoms with Crippen molar-refractivity contribution in [3.8, 4) is 5.75 Å². The van der Waals surface area contributed by atoms with E-state index in [1.165, 1.54) is 0 Å². The molecule has 3 rings (SSSR count). The zero-order chi connectivity index (χ0) is 18.1. The van der Waals surface area contributed by atoms with Gasteiger partial charge in [-0.3, -0.25) is 9.59 Å². The van der Waals surface area contributed by atoms with Gasteiger partial charge < -0.3 is 14.4 Å². The molecule has 136 valence electrons. The van der Waals surface area contributed by atoms with Crippen molar-refractivity contribution in [2.24, 2.45) is 5.41 Å². The van der Waals surface area contributed by atoms with Crippen LogP contribution in [-0.2, 0) is 19.7 Å². The topological polar surface area (TPSA) is 55.8 Å². The molecule has 2 fully saturated rings. The van der Waals surface area contributed by atoms with Crippen LogP contribution in [0.2, 0.25) is 0 Å². The summed E-state index contributed by atoms with van der Waals surface area (Å²) in [7, 11) is 3.67. The zero-order valence-electron chi connectivity index (χ0n) is 15.3. The van der Waals surface area contributed by atoms with Gasteiger partial charge in [-0.05, 0) is 51.1 Å². The number of esters is 1. The summed E-state index contributed by atoms with van der Waals surface area (Å²) in [5.74, 6) is 0.811. The molecule has 0 unspecified atom stereocenters. The smallest absolute Gasteiger partial charge is 0.314 e. The van der Waals surface area contributed by atoms with Crippen molar-refractivity contribution in [3.05, 3.63) is 29.8 Å². The van der Waals surface area contributed by atoms with Crippen LogP contribution in [0.3, 0.4) is 0 Å². The minimum atomic E-state index is -0.684. The van der Waals surface area contributed by atoms with Crippen LogP contribution in [0, 0.1) is 5.41 Å². The fraction of sp³-hybridized carbons (Fsp3) is 0.600. The number of hydrogen-bond acceptors (Lipinski definition) is 5. The summed E-state index contributed by atoms with van der Waals surface area (Å²) in [5, 5.41) is 0. The lowest BCUT2D eigenvalue weighted by atomic mass is 9.50. The Kier molecular flexibility index (Phi) is 4.87. The fourth-order valence-electron chi connectivity index (χ4n) is 4.74. The molecule has 0 spiro atoms. The number of benzene rings is 1. The molecular formula is C20H27NO4. The summed E-state index contributed by atoms with van der Waals surface area (Å²) < 4.78 is 10.9. The Labute approximate surface area is 149 Å². The van der Waals surface area contributed by atoms with Crippen molar-refractivity contribution < 1.29 is 19.1 Å². The van der Waals surface area contributed by atoms with Gasteiger partial charge in [0.25, 0.3) is 0 Å². The van der Waals surface area contributed by atoms with E-state index >= 15 is 0 Å². The van der Waals surface area contributed by atoms with Crippen LogP contribution in [0.5, 0.6) is 5.75 Å². The van der Waals surface area contributed by atoms with Crippen LogP contribution in [0.15, 0.2) is 24.3 Å². The van der Waals surface area contributed by atoms with Gasteiger partial charge in [-0.2, -0.15) is 0 Å². The molecule has 1 aromatic carbocycles. The van der Waals surface area contributed by atoms with E-state index in [-0.39, 0.29) is 11.8 Å². The fourth-order valence-corrected chi connectivity index (χ4v) is 4.74. The number of methoxy groups -OCH3 is 1. The first-order chi connectivity index (χ1) is 12.0. The number of rotatable bonds is 4.